The average Bonchev–Trinajstić information content (AvgIpc) is 3.53. The minimum atomic E-state index is 0.00196. The Morgan fingerprint density at radius 1 is 1.19 bits per heavy atom. The summed E-state index contributed by atoms with van der Waals surface area (Å²) in [5.74, 6) is 0.791. The van der Waals surface area contributed by atoms with Crippen LogP contribution in [0.25, 0.3) is 10.8 Å². The van der Waals surface area contributed by atoms with Gasteiger partial charge in [-0.15, -0.1) is 21.5 Å². The number of aryl methyl sites for hydroxylation is 1. The summed E-state index contributed by atoms with van der Waals surface area (Å²) in [5.41, 5.74) is 1.03. The maximum atomic E-state index is 13.0. The van der Waals surface area contributed by atoms with E-state index in [9.17, 15) is 9.59 Å². The molecule has 162 valence electrons. The SMILES string of the molecule is CC(=O)c1ccc(-c2nnc(CCC(=O)N(Cc3ccncc3)C[C@@H]3CCCO3)o2)s1. The van der Waals surface area contributed by atoms with E-state index in [0.717, 1.165) is 29.9 Å². The average molecular weight is 441 g/mol. The first-order valence-electron chi connectivity index (χ1n) is 10.3. The van der Waals surface area contributed by atoms with E-state index in [1.807, 2.05) is 17.0 Å². The molecule has 1 saturated heterocycles. The summed E-state index contributed by atoms with van der Waals surface area (Å²) in [4.78, 5) is 31.7. The van der Waals surface area contributed by atoms with Crippen LogP contribution in [0.2, 0.25) is 0 Å². The predicted molar refractivity (Wildman–Crippen MR) is 115 cm³/mol. The van der Waals surface area contributed by atoms with Crippen LogP contribution in [-0.2, 0) is 22.5 Å². The van der Waals surface area contributed by atoms with E-state index in [2.05, 4.69) is 15.2 Å². The molecule has 0 saturated carbocycles. The first kappa shape index (κ1) is 21.3. The molecule has 4 rings (SSSR count). The molecule has 0 aliphatic carbocycles. The Bertz CT molecular complexity index is 1030. The molecule has 0 spiro atoms. The Morgan fingerprint density at radius 3 is 2.74 bits per heavy atom. The van der Waals surface area contributed by atoms with Gasteiger partial charge in [0.25, 0.3) is 5.89 Å². The Hall–Kier alpha value is -2.91. The number of hydrogen-bond donors (Lipinski definition) is 0. The van der Waals surface area contributed by atoms with Crippen LogP contribution >= 0.6 is 11.3 Å². The van der Waals surface area contributed by atoms with Gasteiger partial charge in [0.05, 0.1) is 15.9 Å². The molecule has 8 nitrogen and oxygen atoms in total. The number of rotatable bonds is 9. The van der Waals surface area contributed by atoms with E-state index in [1.54, 1.807) is 24.5 Å². The van der Waals surface area contributed by atoms with Gasteiger partial charge in [0.15, 0.2) is 5.78 Å². The molecule has 0 unspecified atom stereocenters. The number of nitrogens with zero attached hydrogens (tertiary/aromatic N) is 4. The topological polar surface area (TPSA) is 98.4 Å². The molecule has 9 heteroatoms. The van der Waals surface area contributed by atoms with Crippen LogP contribution in [-0.4, -0.2) is 51.0 Å². The zero-order valence-electron chi connectivity index (χ0n) is 17.3. The highest BCUT2D eigenvalue weighted by Crippen LogP contribution is 2.27. The summed E-state index contributed by atoms with van der Waals surface area (Å²) < 4.78 is 11.5. The number of carbonyl (C=O) groups excluding carboxylic acids is 2. The number of aromatic nitrogens is 3. The van der Waals surface area contributed by atoms with Crippen LogP contribution in [0, 0.1) is 0 Å². The molecule has 1 aliphatic heterocycles. The summed E-state index contributed by atoms with van der Waals surface area (Å²) >= 11 is 1.32. The minimum Gasteiger partial charge on any atom is -0.420 e. The van der Waals surface area contributed by atoms with Gasteiger partial charge in [0.2, 0.25) is 11.8 Å². The second kappa shape index (κ2) is 9.93. The lowest BCUT2D eigenvalue weighted by Crippen LogP contribution is -2.37. The summed E-state index contributed by atoms with van der Waals surface area (Å²) in [6, 6.07) is 7.37. The van der Waals surface area contributed by atoms with Gasteiger partial charge >= 0.3 is 0 Å². The molecular formula is C22H24N4O4S. The first-order valence-corrected chi connectivity index (χ1v) is 11.1. The number of carbonyl (C=O) groups is 2. The van der Waals surface area contributed by atoms with Crippen LogP contribution in [0.15, 0.2) is 41.1 Å². The highest BCUT2D eigenvalue weighted by Gasteiger charge is 2.23. The zero-order valence-corrected chi connectivity index (χ0v) is 18.1. The van der Waals surface area contributed by atoms with Crippen molar-refractivity contribution in [1.82, 2.24) is 20.1 Å². The lowest BCUT2D eigenvalue weighted by Gasteiger charge is -2.25. The van der Waals surface area contributed by atoms with Crippen LogP contribution in [0.3, 0.4) is 0 Å². The quantitative estimate of drug-likeness (QED) is 0.469. The minimum absolute atomic E-state index is 0.00196. The van der Waals surface area contributed by atoms with E-state index in [4.69, 9.17) is 9.15 Å². The van der Waals surface area contributed by atoms with Crippen molar-refractivity contribution in [3.63, 3.8) is 0 Å². The molecule has 0 bridgehead atoms. The fourth-order valence-corrected chi connectivity index (χ4v) is 4.29. The smallest absolute Gasteiger partial charge is 0.257 e. The number of pyridine rings is 1. The highest BCUT2D eigenvalue weighted by atomic mass is 32.1. The van der Waals surface area contributed by atoms with E-state index < -0.39 is 0 Å². The van der Waals surface area contributed by atoms with Gasteiger partial charge in [-0.3, -0.25) is 14.6 Å². The fraction of sp³-hybridized carbons (Fsp3) is 0.409. The third kappa shape index (κ3) is 5.62. The Balaban J connectivity index is 1.38. The summed E-state index contributed by atoms with van der Waals surface area (Å²) in [5, 5.41) is 8.13. The van der Waals surface area contributed by atoms with Crippen molar-refractivity contribution in [2.75, 3.05) is 13.2 Å². The molecule has 4 heterocycles. The molecule has 1 aliphatic rings. The van der Waals surface area contributed by atoms with Crippen molar-refractivity contribution in [2.24, 2.45) is 0 Å². The van der Waals surface area contributed by atoms with E-state index in [-0.39, 0.29) is 24.2 Å². The molecule has 3 aromatic rings. The van der Waals surface area contributed by atoms with Crippen molar-refractivity contribution < 1.29 is 18.7 Å². The van der Waals surface area contributed by atoms with Crippen molar-refractivity contribution in [3.8, 4) is 10.8 Å². The van der Waals surface area contributed by atoms with Crippen LogP contribution in [0.1, 0.15) is 47.3 Å². The van der Waals surface area contributed by atoms with Crippen molar-refractivity contribution in [2.45, 2.75) is 45.3 Å². The second-order valence-electron chi connectivity index (χ2n) is 7.49. The van der Waals surface area contributed by atoms with E-state index >= 15 is 0 Å². The molecule has 0 N–H and O–H groups in total. The summed E-state index contributed by atoms with van der Waals surface area (Å²) in [6.45, 7) is 3.36. The lowest BCUT2D eigenvalue weighted by atomic mass is 10.1. The van der Waals surface area contributed by atoms with Crippen molar-refractivity contribution >= 4 is 23.0 Å². The van der Waals surface area contributed by atoms with Gasteiger partial charge in [-0.1, -0.05) is 0 Å². The molecule has 1 fully saturated rings. The Labute approximate surface area is 184 Å². The van der Waals surface area contributed by atoms with Crippen LogP contribution in [0.5, 0.6) is 0 Å². The maximum absolute atomic E-state index is 13.0. The van der Waals surface area contributed by atoms with E-state index in [1.165, 1.54) is 18.3 Å². The molecule has 1 atom stereocenters. The van der Waals surface area contributed by atoms with Crippen LogP contribution in [0.4, 0.5) is 0 Å². The van der Waals surface area contributed by atoms with Gasteiger partial charge in [-0.25, -0.2) is 0 Å². The van der Waals surface area contributed by atoms with Gasteiger partial charge < -0.3 is 14.1 Å². The van der Waals surface area contributed by atoms with Crippen molar-refractivity contribution in [3.05, 3.63) is 53.0 Å². The third-order valence-electron chi connectivity index (χ3n) is 5.11. The zero-order chi connectivity index (χ0) is 21.6. The van der Waals surface area contributed by atoms with Gasteiger partial charge in [-0.2, -0.15) is 0 Å². The fourth-order valence-electron chi connectivity index (χ4n) is 3.47. The van der Waals surface area contributed by atoms with Crippen molar-refractivity contribution in [1.29, 1.82) is 0 Å². The van der Waals surface area contributed by atoms with Crippen LogP contribution < -0.4 is 0 Å². The number of ether oxygens (including phenoxy) is 1. The number of ketones is 1. The molecular weight excluding hydrogens is 416 g/mol. The van der Waals surface area contributed by atoms with Gasteiger partial charge in [-0.05, 0) is 49.6 Å². The van der Waals surface area contributed by atoms with Gasteiger partial charge in [0.1, 0.15) is 0 Å². The first-order chi connectivity index (χ1) is 15.1. The Morgan fingerprint density at radius 2 is 2.03 bits per heavy atom. The number of thiophene rings is 1. The monoisotopic (exact) mass is 440 g/mol. The second-order valence-corrected chi connectivity index (χ2v) is 8.57. The maximum Gasteiger partial charge on any atom is 0.257 e. The molecule has 31 heavy (non-hydrogen) atoms. The van der Waals surface area contributed by atoms with E-state index in [0.29, 0.717) is 36.2 Å². The molecule has 3 aromatic heterocycles. The normalized spacial score (nSPS) is 15.8. The summed E-state index contributed by atoms with van der Waals surface area (Å²) in [7, 11) is 0. The summed E-state index contributed by atoms with van der Waals surface area (Å²) in [6.07, 6.45) is 6.16. The molecule has 0 aromatic carbocycles. The largest absolute Gasteiger partial charge is 0.420 e. The lowest BCUT2D eigenvalue weighted by molar-refractivity contribution is -0.133. The number of hydrogen-bond acceptors (Lipinski definition) is 8. The standard InChI is InChI=1S/C22H24N4O4S/c1-15(27)18-4-5-19(31-18)22-25-24-20(30-22)6-7-21(28)26(14-17-3-2-12-29-17)13-16-8-10-23-11-9-16/h4-5,8-11,17H,2-3,6-7,12-14H2,1H3/t17-/m0/s1. The molecule has 0 radical (unpaired) electrons. The highest BCUT2D eigenvalue weighted by molar-refractivity contribution is 7.17. The third-order valence-corrected chi connectivity index (χ3v) is 6.28. The number of amides is 1. The molecule has 1 amide bonds. The Kier molecular flexibility index (Phi) is 6.83. The van der Waals surface area contributed by atoms with Gasteiger partial charge in [0, 0.05) is 44.9 Å². The number of Topliss-reactive ketones (excluding diaryl/α,β-unsaturated/α-hetero) is 1. The predicted octanol–water partition coefficient (Wildman–Crippen LogP) is 3.54.